The lowest BCUT2D eigenvalue weighted by atomic mass is 9.89. The summed E-state index contributed by atoms with van der Waals surface area (Å²) in [5, 5.41) is 0.499. The number of terminal acetylenes is 1. The highest BCUT2D eigenvalue weighted by Gasteiger charge is 2.24. The third-order valence-electron chi connectivity index (χ3n) is 5.25. The lowest BCUT2D eigenvalue weighted by Crippen LogP contribution is -2.10. The molecule has 0 aliphatic rings. The van der Waals surface area contributed by atoms with Crippen molar-refractivity contribution in [3.8, 4) is 23.5 Å². The van der Waals surface area contributed by atoms with Crippen LogP contribution in [0.1, 0.15) is 30.5 Å². The molecule has 0 N–H and O–H groups in total. The number of carbonyl (C=O) groups excluding carboxylic acids is 1. The monoisotopic (exact) mass is 456 g/mol. The van der Waals surface area contributed by atoms with E-state index in [4.69, 9.17) is 27.5 Å². The molecular weight excluding hydrogens is 432 g/mol. The first kappa shape index (κ1) is 23.9. The van der Waals surface area contributed by atoms with Gasteiger partial charge in [0.1, 0.15) is 6.61 Å². The van der Waals surface area contributed by atoms with Crippen molar-refractivity contribution in [2.45, 2.75) is 20.5 Å². The van der Waals surface area contributed by atoms with Crippen molar-refractivity contribution in [3.05, 3.63) is 106 Å². The molecule has 0 saturated carbocycles. The number of halogens is 1. The fourth-order valence-electron chi connectivity index (χ4n) is 3.53. The van der Waals surface area contributed by atoms with E-state index in [9.17, 15) is 4.79 Å². The van der Waals surface area contributed by atoms with Crippen LogP contribution in [0.3, 0.4) is 0 Å². The van der Waals surface area contributed by atoms with E-state index in [0.29, 0.717) is 10.6 Å². The molecule has 0 amide bonds. The summed E-state index contributed by atoms with van der Waals surface area (Å²) in [7, 11) is 1.29. The van der Waals surface area contributed by atoms with Gasteiger partial charge in [0.05, 0.1) is 7.11 Å². The first-order chi connectivity index (χ1) is 16.0. The van der Waals surface area contributed by atoms with Crippen LogP contribution in [-0.2, 0) is 20.9 Å². The molecule has 0 aromatic heterocycles. The van der Waals surface area contributed by atoms with Crippen molar-refractivity contribution in [1.82, 2.24) is 0 Å². The van der Waals surface area contributed by atoms with E-state index in [-0.39, 0.29) is 17.9 Å². The van der Waals surface area contributed by atoms with Gasteiger partial charge in [-0.05, 0) is 53.8 Å². The second-order valence-electron chi connectivity index (χ2n) is 7.33. The zero-order chi connectivity index (χ0) is 23.8. The van der Waals surface area contributed by atoms with Gasteiger partial charge in [-0.25, -0.2) is 4.79 Å². The summed E-state index contributed by atoms with van der Waals surface area (Å²) in [5.41, 5.74) is 5.34. The molecule has 33 heavy (non-hydrogen) atoms. The van der Waals surface area contributed by atoms with E-state index in [1.165, 1.54) is 7.11 Å². The zero-order valence-electron chi connectivity index (χ0n) is 18.9. The molecule has 0 spiro atoms. The second kappa shape index (κ2) is 11.2. The third-order valence-corrected chi connectivity index (χ3v) is 5.47. The molecule has 0 heterocycles. The Bertz CT molecular complexity index is 1230. The van der Waals surface area contributed by atoms with E-state index >= 15 is 0 Å². The van der Waals surface area contributed by atoms with Crippen LogP contribution in [0.2, 0.25) is 5.02 Å². The number of benzene rings is 3. The maximum atomic E-state index is 12.6. The number of carbonyl (C=O) groups is 1. The van der Waals surface area contributed by atoms with Crippen molar-refractivity contribution in [2.24, 2.45) is 0 Å². The van der Waals surface area contributed by atoms with Gasteiger partial charge in [0, 0.05) is 10.6 Å². The normalized spacial score (nSPS) is 11.9. The molecule has 0 atom stereocenters. The molecule has 0 aliphatic heterocycles. The van der Waals surface area contributed by atoms with Gasteiger partial charge in [-0.1, -0.05) is 84.3 Å². The summed E-state index contributed by atoms with van der Waals surface area (Å²) in [5.74, 6) is 2.07. The van der Waals surface area contributed by atoms with Crippen LogP contribution >= 0.6 is 11.6 Å². The smallest absolute Gasteiger partial charge is 0.350 e. The molecule has 0 radical (unpaired) electrons. The number of methoxy groups -OCH3 is 1. The molecule has 0 aliphatic carbocycles. The van der Waals surface area contributed by atoms with Crippen LogP contribution in [0.4, 0.5) is 0 Å². The Morgan fingerprint density at radius 2 is 1.70 bits per heavy atom. The van der Waals surface area contributed by atoms with Crippen LogP contribution < -0.4 is 0 Å². The summed E-state index contributed by atoms with van der Waals surface area (Å²) < 4.78 is 11.2. The van der Waals surface area contributed by atoms with E-state index in [0.717, 1.165) is 27.8 Å². The van der Waals surface area contributed by atoms with E-state index in [1.807, 2.05) is 86.7 Å². The highest BCUT2D eigenvalue weighted by atomic mass is 35.5. The fraction of sp³-hybridized carbons (Fsp3) is 0.138. The van der Waals surface area contributed by atoms with Gasteiger partial charge in [0.25, 0.3) is 0 Å². The topological polar surface area (TPSA) is 35.5 Å². The molecule has 3 aromatic carbocycles. The largest absolute Gasteiger partial charge is 0.487 e. The first-order valence-corrected chi connectivity index (χ1v) is 10.9. The van der Waals surface area contributed by atoms with E-state index in [2.05, 4.69) is 5.92 Å². The predicted octanol–water partition coefficient (Wildman–Crippen LogP) is 7.16. The zero-order valence-corrected chi connectivity index (χ0v) is 19.6. The predicted molar refractivity (Wildman–Crippen MR) is 135 cm³/mol. The summed E-state index contributed by atoms with van der Waals surface area (Å²) >= 11 is 6.58. The number of rotatable bonds is 7. The summed E-state index contributed by atoms with van der Waals surface area (Å²) in [6, 6.07) is 23.3. The number of ether oxygens (including phenoxy) is 2. The lowest BCUT2D eigenvalue weighted by molar-refractivity contribution is -0.135. The second-order valence-corrected chi connectivity index (χ2v) is 7.76. The Hall–Kier alpha value is -3.74. The van der Waals surface area contributed by atoms with Crippen LogP contribution in [0, 0.1) is 12.3 Å². The molecule has 0 saturated heterocycles. The van der Waals surface area contributed by atoms with Crippen molar-refractivity contribution in [3.63, 3.8) is 0 Å². The van der Waals surface area contributed by atoms with E-state index in [1.54, 1.807) is 6.07 Å². The van der Waals surface area contributed by atoms with E-state index < -0.39 is 5.97 Å². The molecule has 3 rings (SSSR count). The van der Waals surface area contributed by atoms with Gasteiger partial charge >= 0.3 is 5.97 Å². The number of hydrogen-bond acceptors (Lipinski definition) is 3. The van der Waals surface area contributed by atoms with Gasteiger partial charge < -0.3 is 9.47 Å². The highest BCUT2D eigenvalue weighted by molar-refractivity contribution is 6.31. The lowest BCUT2D eigenvalue weighted by Gasteiger charge is -2.20. The maximum absolute atomic E-state index is 12.6. The standard InChI is InChI=1S/C29H25ClO3/c1-5-20(3)27-25(22-15-11-8-12-16-22)17-23(30)18-26(27)28(24(6-2)29(31)32-4)33-19-21-13-9-7-10-14-21/h2,5,7-18H,19H2,1,3-4H3/b20-5-,28-24-. The van der Waals surface area contributed by atoms with Crippen LogP contribution in [0.5, 0.6) is 0 Å². The van der Waals surface area contributed by atoms with Crippen LogP contribution in [0.25, 0.3) is 22.5 Å². The Labute approximate surface area is 200 Å². The third kappa shape index (κ3) is 5.55. The number of esters is 1. The maximum Gasteiger partial charge on any atom is 0.350 e. The van der Waals surface area contributed by atoms with Gasteiger partial charge in [-0.15, -0.1) is 6.42 Å². The molecular formula is C29H25ClO3. The summed E-state index contributed by atoms with van der Waals surface area (Å²) in [6.45, 7) is 4.18. The Morgan fingerprint density at radius 3 is 2.27 bits per heavy atom. The summed E-state index contributed by atoms with van der Waals surface area (Å²) in [6.07, 6.45) is 7.77. The summed E-state index contributed by atoms with van der Waals surface area (Å²) in [4.78, 5) is 12.6. The molecule has 3 aromatic rings. The Morgan fingerprint density at radius 1 is 1.06 bits per heavy atom. The number of hydrogen-bond donors (Lipinski definition) is 0. The van der Waals surface area contributed by atoms with Gasteiger partial charge in [-0.3, -0.25) is 0 Å². The SMILES string of the molecule is C#C/C(C(=O)OC)=C(/OCc1ccccc1)c1cc(Cl)cc(-c2ccccc2)c1/C(C)=C\C. The van der Waals surface area contributed by atoms with Gasteiger partial charge in [0.15, 0.2) is 11.3 Å². The minimum absolute atomic E-state index is 0.000127. The van der Waals surface area contributed by atoms with Crippen molar-refractivity contribution >= 4 is 28.9 Å². The molecule has 3 nitrogen and oxygen atoms in total. The first-order valence-electron chi connectivity index (χ1n) is 10.5. The molecule has 0 bridgehead atoms. The Kier molecular flexibility index (Phi) is 8.13. The Balaban J connectivity index is 2.31. The molecule has 0 unspecified atom stereocenters. The molecule has 166 valence electrons. The minimum atomic E-state index is -0.647. The molecule has 0 fully saturated rings. The fourth-order valence-corrected chi connectivity index (χ4v) is 3.75. The van der Waals surface area contributed by atoms with Gasteiger partial charge in [0.2, 0.25) is 0 Å². The average molecular weight is 457 g/mol. The van der Waals surface area contributed by atoms with Crippen LogP contribution in [-0.4, -0.2) is 13.1 Å². The minimum Gasteiger partial charge on any atom is -0.487 e. The quantitative estimate of drug-likeness (QED) is 0.164. The van der Waals surface area contributed by atoms with Crippen molar-refractivity contribution in [1.29, 1.82) is 0 Å². The molecule has 4 heteroatoms. The average Bonchev–Trinajstić information content (AvgIpc) is 2.86. The van der Waals surface area contributed by atoms with Crippen molar-refractivity contribution in [2.75, 3.05) is 7.11 Å². The number of allylic oxidation sites excluding steroid dienone is 2. The van der Waals surface area contributed by atoms with Gasteiger partial charge in [-0.2, -0.15) is 0 Å². The van der Waals surface area contributed by atoms with Crippen LogP contribution in [0.15, 0.2) is 84.4 Å². The van der Waals surface area contributed by atoms with Crippen molar-refractivity contribution < 1.29 is 14.3 Å². The highest BCUT2D eigenvalue weighted by Crippen LogP contribution is 2.39.